The molecule has 12 heteroatoms. The third kappa shape index (κ3) is 4.55. The SMILES string of the molecule is COc1ccc(NS(=O)(=O)c2cc(-c3noc(C(=O)N4CCOCC4)n3)sc2C)cc1. The highest BCUT2D eigenvalue weighted by Crippen LogP contribution is 2.33. The number of aromatic nitrogens is 2. The van der Waals surface area contributed by atoms with Gasteiger partial charge in [-0.15, -0.1) is 11.3 Å². The van der Waals surface area contributed by atoms with Gasteiger partial charge in [0.25, 0.3) is 10.0 Å². The van der Waals surface area contributed by atoms with E-state index in [-0.39, 0.29) is 22.5 Å². The third-order valence-electron chi connectivity index (χ3n) is 4.63. The Morgan fingerprint density at radius 2 is 1.94 bits per heavy atom. The van der Waals surface area contributed by atoms with Crippen molar-refractivity contribution in [3.05, 3.63) is 41.1 Å². The molecule has 0 aliphatic carbocycles. The minimum Gasteiger partial charge on any atom is -0.497 e. The number of nitrogens with one attached hydrogen (secondary N) is 1. The fourth-order valence-electron chi connectivity index (χ4n) is 3.02. The van der Waals surface area contributed by atoms with Gasteiger partial charge in [0.1, 0.15) is 10.6 Å². The van der Waals surface area contributed by atoms with Crippen molar-refractivity contribution in [2.45, 2.75) is 11.8 Å². The van der Waals surface area contributed by atoms with Gasteiger partial charge in [-0.25, -0.2) is 8.42 Å². The normalized spacial score (nSPS) is 14.5. The van der Waals surface area contributed by atoms with Crippen molar-refractivity contribution in [1.82, 2.24) is 15.0 Å². The summed E-state index contributed by atoms with van der Waals surface area (Å²) in [5.74, 6) is 0.278. The maximum Gasteiger partial charge on any atom is 0.316 e. The number of ether oxygens (including phenoxy) is 2. The van der Waals surface area contributed by atoms with E-state index in [1.165, 1.54) is 24.5 Å². The predicted octanol–water partition coefficient (Wildman–Crippen LogP) is 2.39. The van der Waals surface area contributed by atoms with Crippen LogP contribution in [0.15, 0.2) is 39.8 Å². The number of nitrogens with zero attached hydrogens (tertiary/aromatic N) is 3. The van der Waals surface area contributed by atoms with Crippen molar-refractivity contribution < 1.29 is 27.2 Å². The smallest absolute Gasteiger partial charge is 0.316 e. The molecule has 0 spiro atoms. The number of aryl methyl sites for hydroxylation is 1. The zero-order valence-electron chi connectivity index (χ0n) is 16.8. The van der Waals surface area contributed by atoms with Crippen LogP contribution in [0, 0.1) is 6.92 Å². The maximum atomic E-state index is 12.9. The van der Waals surface area contributed by atoms with Crippen LogP contribution < -0.4 is 9.46 Å². The van der Waals surface area contributed by atoms with Gasteiger partial charge in [-0.05, 0) is 37.3 Å². The molecule has 0 saturated carbocycles. The number of methoxy groups -OCH3 is 1. The summed E-state index contributed by atoms with van der Waals surface area (Å²) in [5.41, 5.74) is 0.408. The van der Waals surface area contributed by atoms with Crippen LogP contribution in [0.1, 0.15) is 15.6 Å². The Kier molecular flexibility index (Phi) is 5.94. The Morgan fingerprint density at radius 1 is 1.23 bits per heavy atom. The van der Waals surface area contributed by atoms with Gasteiger partial charge >= 0.3 is 11.8 Å². The lowest BCUT2D eigenvalue weighted by molar-refractivity contribution is 0.0272. The number of carbonyl (C=O) groups is 1. The molecule has 1 aromatic carbocycles. The number of amides is 1. The molecule has 31 heavy (non-hydrogen) atoms. The molecule has 164 valence electrons. The van der Waals surface area contributed by atoms with Gasteiger partial charge in [0.05, 0.1) is 25.2 Å². The summed E-state index contributed by atoms with van der Waals surface area (Å²) in [5, 5.41) is 3.86. The summed E-state index contributed by atoms with van der Waals surface area (Å²) in [4.78, 5) is 19.4. The van der Waals surface area contributed by atoms with Crippen molar-refractivity contribution >= 4 is 33.0 Å². The average Bonchev–Trinajstić information content (AvgIpc) is 3.41. The second kappa shape index (κ2) is 8.65. The number of thiophene rings is 1. The van der Waals surface area contributed by atoms with E-state index in [1.54, 1.807) is 36.1 Å². The van der Waals surface area contributed by atoms with Crippen LogP contribution in [0.3, 0.4) is 0 Å². The highest BCUT2D eigenvalue weighted by molar-refractivity contribution is 7.93. The molecule has 0 unspecified atom stereocenters. The molecule has 4 rings (SSSR count). The zero-order valence-corrected chi connectivity index (χ0v) is 18.5. The number of morpholine rings is 1. The largest absolute Gasteiger partial charge is 0.497 e. The van der Waals surface area contributed by atoms with E-state index in [0.29, 0.717) is 47.5 Å². The molecular formula is C19H20N4O6S2. The van der Waals surface area contributed by atoms with Crippen LogP contribution in [-0.2, 0) is 14.8 Å². The number of anilines is 1. The molecule has 1 fully saturated rings. The van der Waals surface area contributed by atoms with Gasteiger partial charge in [-0.1, -0.05) is 5.16 Å². The first-order valence-electron chi connectivity index (χ1n) is 9.36. The molecule has 10 nitrogen and oxygen atoms in total. The fraction of sp³-hybridized carbons (Fsp3) is 0.316. The molecule has 0 bridgehead atoms. The van der Waals surface area contributed by atoms with E-state index >= 15 is 0 Å². The number of benzene rings is 1. The minimum absolute atomic E-state index is 0.106. The first-order chi connectivity index (χ1) is 14.9. The second-order valence-corrected chi connectivity index (χ2v) is 9.60. The van der Waals surface area contributed by atoms with E-state index in [4.69, 9.17) is 14.0 Å². The lowest BCUT2D eigenvalue weighted by atomic mass is 10.3. The molecule has 0 radical (unpaired) electrons. The molecule has 1 aliphatic heterocycles. The van der Waals surface area contributed by atoms with Crippen LogP contribution in [0.5, 0.6) is 5.75 Å². The van der Waals surface area contributed by atoms with Gasteiger partial charge in [-0.2, -0.15) is 4.98 Å². The second-order valence-electron chi connectivity index (χ2n) is 6.69. The summed E-state index contributed by atoms with van der Waals surface area (Å²) in [7, 11) is -2.30. The van der Waals surface area contributed by atoms with E-state index in [9.17, 15) is 13.2 Å². The van der Waals surface area contributed by atoms with Crippen molar-refractivity contribution in [2.24, 2.45) is 0 Å². The summed E-state index contributed by atoms with van der Waals surface area (Å²) in [6.45, 7) is 3.51. The molecule has 0 atom stereocenters. The fourth-order valence-corrected chi connectivity index (χ4v) is 5.60. The van der Waals surface area contributed by atoms with Gasteiger partial charge < -0.3 is 18.9 Å². The van der Waals surface area contributed by atoms with Crippen molar-refractivity contribution in [1.29, 1.82) is 0 Å². The van der Waals surface area contributed by atoms with Gasteiger partial charge in [0, 0.05) is 23.7 Å². The van der Waals surface area contributed by atoms with Crippen LogP contribution in [0.4, 0.5) is 5.69 Å². The van der Waals surface area contributed by atoms with E-state index in [2.05, 4.69) is 14.9 Å². The topological polar surface area (TPSA) is 124 Å². The van der Waals surface area contributed by atoms with Crippen LogP contribution in [0.25, 0.3) is 10.7 Å². The highest BCUT2D eigenvalue weighted by atomic mass is 32.2. The monoisotopic (exact) mass is 464 g/mol. The summed E-state index contributed by atoms with van der Waals surface area (Å²) >= 11 is 1.20. The van der Waals surface area contributed by atoms with Crippen LogP contribution >= 0.6 is 11.3 Å². The van der Waals surface area contributed by atoms with Crippen LogP contribution in [0.2, 0.25) is 0 Å². The lowest BCUT2D eigenvalue weighted by Gasteiger charge is -2.25. The number of hydrogen-bond acceptors (Lipinski definition) is 9. The quantitative estimate of drug-likeness (QED) is 0.590. The van der Waals surface area contributed by atoms with Crippen molar-refractivity contribution in [3.8, 4) is 16.5 Å². The van der Waals surface area contributed by atoms with E-state index in [0.717, 1.165) is 0 Å². The standard InChI is InChI=1S/C19H20N4O6S2/c1-12-16(31(25,26)22-13-3-5-14(27-2)6-4-13)11-15(30-12)17-20-18(29-21-17)19(24)23-7-9-28-10-8-23/h3-6,11,22H,7-10H2,1-2H3. The molecular weight excluding hydrogens is 444 g/mol. The number of sulfonamides is 1. The Labute approximate surface area is 182 Å². The first kappa shape index (κ1) is 21.3. The number of carbonyl (C=O) groups excluding carboxylic acids is 1. The molecule has 1 N–H and O–H groups in total. The predicted molar refractivity (Wildman–Crippen MR) is 113 cm³/mol. The average molecular weight is 465 g/mol. The van der Waals surface area contributed by atoms with E-state index < -0.39 is 10.0 Å². The van der Waals surface area contributed by atoms with Crippen LogP contribution in [-0.4, -0.2) is 62.8 Å². The molecule has 2 aromatic heterocycles. The number of hydrogen-bond donors (Lipinski definition) is 1. The van der Waals surface area contributed by atoms with Gasteiger partial charge in [0.2, 0.25) is 5.82 Å². The molecule has 3 aromatic rings. The minimum atomic E-state index is -3.83. The Bertz CT molecular complexity index is 1180. The summed E-state index contributed by atoms with van der Waals surface area (Å²) < 4.78 is 43.7. The Morgan fingerprint density at radius 3 is 2.61 bits per heavy atom. The first-order valence-corrected chi connectivity index (χ1v) is 11.7. The van der Waals surface area contributed by atoms with Crippen molar-refractivity contribution in [2.75, 3.05) is 38.1 Å². The maximum absolute atomic E-state index is 12.9. The van der Waals surface area contributed by atoms with Gasteiger partial charge in [0.15, 0.2) is 0 Å². The van der Waals surface area contributed by atoms with Gasteiger partial charge in [-0.3, -0.25) is 9.52 Å². The molecule has 1 aliphatic rings. The third-order valence-corrected chi connectivity index (χ3v) is 7.31. The molecule has 1 saturated heterocycles. The zero-order chi connectivity index (χ0) is 22.0. The highest BCUT2D eigenvalue weighted by Gasteiger charge is 2.26. The Hall–Kier alpha value is -2.96. The molecule has 3 heterocycles. The Balaban J connectivity index is 1.54. The van der Waals surface area contributed by atoms with E-state index in [1.807, 2.05) is 0 Å². The summed E-state index contributed by atoms with van der Waals surface area (Å²) in [6, 6.07) is 8.02. The van der Waals surface area contributed by atoms with Crippen molar-refractivity contribution in [3.63, 3.8) is 0 Å². The molecule has 1 amide bonds. The number of rotatable bonds is 6. The summed E-state index contributed by atoms with van der Waals surface area (Å²) in [6.07, 6.45) is 0. The lowest BCUT2D eigenvalue weighted by Crippen LogP contribution is -2.40.